The molecule has 1 atom stereocenters. The molecule has 0 bridgehead atoms. The van der Waals surface area contributed by atoms with Gasteiger partial charge in [-0.2, -0.15) is 10.4 Å². The van der Waals surface area contributed by atoms with Gasteiger partial charge in [-0.3, -0.25) is 9.48 Å². The van der Waals surface area contributed by atoms with E-state index in [9.17, 15) is 10.1 Å². The van der Waals surface area contributed by atoms with E-state index in [0.29, 0.717) is 32.5 Å². The molecule has 1 saturated heterocycles. The zero-order chi connectivity index (χ0) is 17.0. The highest BCUT2D eigenvalue weighted by molar-refractivity contribution is 5.78. The smallest absolute Gasteiger partial charge is 0.227 e. The summed E-state index contributed by atoms with van der Waals surface area (Å²) in [4.78, 5) is 18.4. The molecule has 3 rings (SSSR count). The summed E-state index contributed by atoms with van der Waals surface area (Å²) in [7, 11) is 0. The van der Waals surface area contributed by atoms with E-state index in [1.165, 1.54) is 6.33 Å². The molecule has 1 aliphatic rings. The quantitative estimate of drug-likeness (QED) is 0.862. The fraction of sp³-hybridized carbons (Fsp3) is 0.444. The summed E-state index contributed by atoms with van der Waals surface area (Å²) in [6.45, 7) is 3.66. The van der Waals surface area contributed by atoms with Crippen molar-refractivity contribution in [2.45, 2.75) is 31.7 Å². The molecule has 1 fully saturated rings. The van der Waals surface area contributed by atoms with Crippen LogP contribution in [0.2, 0.25) is 0 Å². The van der Waals surface area contributed by atoms with Crippen molar-refractivity contribution in [3.8, 4) is 6.07 Å². The summed E-state index contributed by atoms with van der Waals surface area (Å²) in [5.74, 6) is -0.0388. The van der Waals surface area contributed by atoms with E-state index in [1.807, 2.05) is 42.2 Å². The lowest BCUT2D eigenvalue weighted by Gasteiger charge is -2.38. The maximum atomic E-state index is 12.6. The van der Waals surface area contributed by atoms with E-state index < -0.39 is 5.41 Å². The Hall–Kier alpha value is -2.68. The maximum absolute atomic E-state index is 12.6. The third-order valence-corrected chi connectivity index (χ3v) is 4.82. The highest BCUT2D eigenvalue weighted by Gasteiger charge is 2.38. The van der Waals surface area contributed by atoms with Crippen LogP contribution in [0.25, 0.3) is 0 Å². The van der Waals surface area contributed by atoms with Gasteiger partial charge in [0.25, 0.3) is 0 Å². The monoisotopic (exact) mass is 323 g/mol. The van der Waals surface area contributed by atoms with Gasteiger partial charge in [-0.05, 0) is 18.4 Å². The number of hydrogen-bond donors (Lipinski definition) is 0. The summed E-state index contributed by atoms with van der Waals surface area (Å²) in [6.07, 6.45) is 4.44. The molecule has 6 heteroatoms. The van der Waals surface area contributed by atoms with Crippen molar-refractivity contribution in [3.05, 3.63) is 48.5 Å². The van der Waals surface area contributed by atoms with Gasteiger partial charge in [0.1, 0.15) is 12.7 Å². The van der Waals surface area contributed by atoms with Crippen LogP contribution in [0.5, 0.6) is 0 Å². The highest BCUT2D eigenvalue weighted by Crippen LogP contribution is 2.35. The number of amides is 1. The SMILES string of the molecule is CC(Cn1cncn1)C(=O)N1CCC(C#N)(c2ccccc2)CC1. The Morgan fingerprint density at radius 1 is 1.33 bits per heavy atom. The van der Waals surface area contributed by atoms with Crippen LogP contribution in [0.3, 0.4) is 0 Å². The molecular formula is C18H21N5O. The second-order valence-corrected chi connectivity index (χ2v) is 6.40. The van der Waals surface area contributed by atoms with Crippen LogP contribution < -0.4 is 0 Å². The molecule has 1 unspecified atom stereocenters. The largest absolute Gasteiger partial charge is 0.342 e. The summed E-state index contributed by atoms with van der Waals surface area (Å²) in [5.41, 5.74) is 0.572. The van der Waals surface area contributed by atoms with Crippen molar-refractivity contribution in [1.82, 2.24) is 19.7 Å². The summed E-state index contributed by atoms with van der Waals surface area (Å²) < 4.78 is 1.68. The average Bonchev–Trinajstić information content (AvgIpc) is 3.15. The molecule has 1 aromatic heterocycles. The lowest BCUT2D eigenvalue weighted by atomic mass is 9.74. The lowest BCUT2D eigenvalue weighted by molar-refractivity contribution is -0.136. The van der Waals surface area contributed by atoms with Gasteiger partial charge in [0.15, 0.2) is 0 Å². The first-order valence-corrected chi connectivity index (χ1v) is 8.22. The van der Waals surface area contributed by atoms with Gasteiger partial charge in [0.05, 0.1) is 23.9 Å². The summed E-state index contributed by atoms with van der Waals surface area (Å²) in [6, 6.07) is 12.4. The Balaban J connectivity index is 1.64. The number of likely N-dealkylation sites (tertiary alicyclic amines) is 1. The van der Waals surface area contributed by atoms with Crippen LogP contribution >= 0.6 is 0 Å². The molecule has 1 amide bonds. The van der Waals surface area contributed by atoms with Crippen LogP contribution in [-0.4, -0.2) is 38.7 Å². The molecule has 124 valence electrons. The Morgan fingerprint density at radius 2 is 2.04 bits per heavy atom. The number of carbonyl (C=O) groups excluding carboxylic acids is 1. The van der Waals surface area contributed by atoms with Crippen molar-refractivity contribution < 1.29 is 4.79 Å². The molecule has 6 nitrogen and oxygen atoms in total. The number of hydrogen-bond acceptors (Lipinski definition) is 4. The minimum atomic E-state index is -0.479. The second kappa shape index (κ2) is 6.83. The lowest BCUT2D eigenvalue weighted by Crippen LogP contribution is -2.46. The number of nitriles is 1. The second-order valence-electron chi connectivity index (χ2n) is 6.40. The molecule has 0 N–H and O–H groups in total. The predicted octanol–water partition coefficient (Wildman–Crippen LogP) is 2.00. The molecule has 1 aliphatic heterocycles. The van der Waals surface area contributed by atoms with Gasteiger partial charge in [0, 0.05) is 13.1 Å². The Kier molecular flexibility index (Phi) is 4.61. The van der Waals surface area contributed by atoms with Gasteiger partial charge in [-0.25, -0.2) is 4.98 Å². The van der Waals surface area contributed by atoms with Crippen LogP contribution in [0.4, 0.5) is 0 Å². The molecule has 2 heterocycles. The number of aromatic nitrogens is 3. The van der Waals surface area contributed by atoms with Crippen LogP contribution in [0, 0.1) is 17.2 Å². The fourth-order valence-electron chi connectivity index (χ4n) is 3.33. The van der Waals surface area contributed by atoms with Crippen LogP contribution in [0.15, 0.2) is 43.0 Å². The van der Waals surface area contributed by atoms with E-state index in [4.69, 9.17) is 0 Å². The summed E-state index contributed by atoms with van der Waals surface area (Å²) in [5, 5.41) is 13.8. The van der Waals surface area contributed by atoms with Gasteiger partial charge in [-0.1, -0.05) is 37.3 Å². The molecular weight excluding hydrogens is 302 g/mol. The minimum Gasteiger partial charge on any atom is -0.342 e. The zero-order valence-electron chi connectivity index (χ0n) is 13.8. The van der Waals surface area contributed by atoms with Crippen molar-refractivity contribution in [3.63, 3.8) is 0 Å². The van der Waals surface area contributed by atoms with Gasteiger partial charge < -0.3 is 4.90 Å². The number of benzene rings is 1. The average molecular weight is 323 g/mol. The number of rotatable bonds is 4. The highest BCUT2D eigenvalue weighted by atomic mass is 16.2. The van der Waals surface area contributed by atoms with Gasteiger partial charge in [-0.15, -0.1) is 0 Å². The number of piperidine rings is 1. The normalized spacial score (nSPS) is 17.9. The van der Waals surface area contributed by atoms with Crippen molar-refractivity contribution in [2.24, 2.45) is 5.92 Å². The maximum Gasteiger partial charge on any atom is 0.227 e. The molecule has 0 aliphatic carbocycles. The molecule has 2 aromatic rings. The number of nitrogens with zero attached hydrogens (tertiary/aromatic N) is 5. The van der Waals surface area contributed by atoms with Crippen molar-refractivity contribution >= 4 is 5.91 Å². The van der Waals surface area contributed by atoms with E-state index in [1.54, 1.807) is 11.0 Å². The Bertz CT molecular complexity index is 712. The fourth-order valence-corrected chi connectivity index (χ4v) is 3.33. The molecule has 1 aromatic carbocycles. The van der Waals surface area contributed by atoms with Crippen LogP contribution in [0.1, 0.15) is 25.3 Å². The topological polar surface area (TPSA) is 74.8 Å². The first-order chi connectivity index (χ1) is 11.6. The van der Waals surface area contributed by atoms with Gasteiger partial charge in [0.2, 0.25) is 5.91 Å². The summed E-state index contributed by atoms with van der Waals surface area (Å²) >= 11 is 0. The van der Waals surface area contributed by atoms with Crippen molar-refractivity contribution in [1.29, 1.82) is 5.26 Å². The molecule has 0 saturated carbocycles. The van der Waals surface area contributed by atoms with Gasteiger partial charge >= 0.3 is 0 Å². The van der Waals surface area contributed by atoms with E-state index >= 15 is 0 Å². The molecule has 24 heavy (non-hydrogen) atoms. The van der Waals surface area contributed by atoms with E-state index in [2.05, 4.69) is 16.2 Å². The van der Waals surface area contributed by atoms with Crippen LogP contribution in [-0.2, 0) is 16.8 Å². The predicted molar refractivity (Wildman–Crippen MR) is 88.7 cm³/mol. The first-order valence-electron chi connectivity index (χ1n) is 8.22. The third kappa shape index (κ3) is 3.16. The van der Waals surface area contributed by atoms with E-state index in [-0.39, 0.29) is 11.8 Å². The zero-order valence-corrected chi connectivity index (χ0v) is 13.8. The minimum absolute atomic E-state index is 0.116. The Morgan fingerprint density at radius 3 is 2.62 bits per heavy atom. The van der Waals surface area contributed by atoms with E-state index in [0.717, 1.165) is 5.56 Å². The third-order valence-electron chi connectivity index (χ3n) is 4.82. The van der Waals surface area contributed by atoms with Crippen molar-refractivity contribution in [2.75, 3.05) is 13.1 Å². The standard InChI is InChI=1S/C18H21N5O/c1-15(11-23-14-20-13-21-23)17(24)22-9-7-18(12-19,8-10-22)16-5-3-2-4-6-16/h2-6,13-15H,7-11H2,1H3. The Labute approximate surface area is 141 Å². The molecule has 0 spiro atoms. The first kappa shape index (κ1) is 16.2. The molecule has 0 radical (unpaired) electrons. The number of carbonyl (C=O) groups is 1.